The number of hydrogen-bond acceptors (Lipinski definition) is 4. The number of nitrogens with one attached hydrogen (secondary N) is 1. The zero-order chi connectivity index (χ0) is 16.8. The number of nitro groups is 1. The molecule has 0 saturated heterocycles. The number of amides is 1. The molecular formula is C17H18N2O4. The zero-order valence-corrected chi connectivity index (χ0v) is 13.0. The summed E-state index contributed by atoms with van der Waals surface area (Å²) in [6.45, 7) is 1.78. The third-order valence-electron chi connectivity index (χ3n) is 3.48. The highest BCUT2D eigenvalue weighted by Crippen LogP contribution is 2.24. The van der Waals surface area contributed by atoms with Gasteiger partial charge in [-0.1, -0.05) is 31.2 Å². The van der Waals surface area contributed by atoms with Gasteiger partial charge in [-0.05, 0) is 30.2 Å². The molecule has 1 amide bonds. The Kier molecular flexibility index (Phi) is 5.30. The van der Waals surface area contributed by atoms with E-state index < -0.39 is 4.92 Å². The van der Waals surface area contributed by atoms with Gasteiger partial charge < -0.3 is 10.1 Å². The van der Waals surface area contributed by atoms with Crippen molar-refractivity contribution < 1.29 is 14.5 Å². The lowest BCUT2D eigenvalue weighted by Gasteiger charge is -2.13. The predicted octanol–water partition coefficient (Wildman–Crippen LogP) is 3.42. The number of para-hydroxylation sites is 2. The van der Waals surface area contributed by atoms with E-state index in [1.165, 1.54) is 12.1 Å². The summed E-state index contributed by atoms with van der Waals surface area (Å²) in [6.07, 6.45) is 0.518. The highest BCUT2D eigenvalue weighted by Gasteiger charge is 2.19. The second kappa shape index (κ2) is 7.40. The largest absolute Gasteiger partial charge is 0.497 e. The fraction of sp³-hybridized carbons (Fsp3) is 0.235. The summed E-state index contributed by atoms with van der Waals surface area (Å²) in [7, 11) is 1.59. The first-order valence-electron chi connectivity index (χ1n) is 7.18. The van der Waals surface area contributed by atoms with Crippen LogP contribution in [-0.2, 0) is 11.2 Å². The number of nitrogens with zero attached hydrogens (tertiary/aromatic N) is 1. The minimum Gasteiger partial charge on any atom is -0.497 e. The minimum atomic E-state index is -0.512. The lowest BCUT2D eigenvalue weighted by molar-refractivity contribution is -0.383. The maximum absolute atomic E-state index is 12.3. The number of nitro benzene ring substituents is 1. The molecule has 23 heavy (non-hydrogen) atoms. The molecule has 120 valence electrons. The molecule has 1 N–H and O–H groups in total. The Bertz CT molecular complexity index is 715. The molecule has 1 unspecified atom stereocenters. The Labute approximate surface area is 134 Å². The highest BCUT2D eigenvalue weighted by atomic mass is 16.6. The van der Waals surface area contributed by atoms with Gasteiger partial charge >= 0.3 is 0 Å². The van der Waals surface area contributed by atoms with Gasteiger partial charge in [0.05, 0.1) is 12.0 Å². The van der Waals surface area contributed by atoms with E-state index in [4.69, 9.17) is 4.74 Å². The maximum atomic E-state index is 12.3. The van der Waals surface area contributed by atoms with Gasteiger partial charge in [0.2, 0.25) is 5.91 Å². The van der Waals surface area contributed by atoms with Gasteiger partial charge in [-0.25, -0.2) is 0 Å². The van der Waals surface area contributed by atoms with Crippen molar-refractivity contribution in [1.29, 1.82) is 0 Å². The molecule has 6 nitrogen and oxygen atoms in total. The summed E-state index contributed by atoms with van der Waals surface area (Å²) in [5, 5.41) is 13.6. The van der Waals surface area contributed by atoms with Crippen LogP contribution in [0.1, 0.15) is 12.5 Å². The van der Waals surface area contributed by atoms with Crippen LogP contribution in [0.5, 0.6) is 5.75 Å². The molecule has 0 heterocycles. The zero-order valence-electron chi connectivity index (χ0n) is 13.0. The van der Waals surface area contributed by atoms with Gasteiger partial charge in [-0.2, -0.15) is 0 Å². The van der Waals surface area contributed by atoms with Crippen LogP contribution in [0.15, 0.2) is 48.5 Å². The van der Waals surface area contributed by atoms with Crippen molar-refractivity contribution >= 4 is 17.3 Å². The lowest BCUT2D eigenvalue weighted by atomic mass is 10.00. The van der Waals surface area contributed by atoms with Crippen LogP contribution in [0.4, 0.5) is 11.4 Å². The average molecular weight is 314 g/mol. The van der Waals surface area contributed by atoms with Crippen LogP contribution >= 0.6 is 0 Å². The number of rotatable bonds is 6. The molecule has 0 aromatic heterocycles. The number of anilines is 1. The molecule has 0 aliphatic rings. The van der Waals surface area contributed by atoms with Crippen molar-refractivity contribution in [3.63, 3.8) is 0 Å². The van der Waals surface area contributed by atoms with Crippen molar-refractivity contribution in [3.8, 4) is 5.75 Å². The summed E-state index contributed by atoms with van der Waals surface area (Å²) in [5.74, 6) is 0.137. The molecule has 1 atom stereocenters. The monoisotopic (exact) mass is 314 g/mol. The minimum absolute atomic E-state index is 0.116. The molecular weight excluding hydrogens is 296 g/mol. The van der Waals surface area contributed by atoms with Crippen molar-refractivity contribution in [2.45, 2.75) is 13.3 Å². The third-order valence-corrected chi connectivity index (χ3v) is 3.48. The van der Waals surface area contributed by atoms with Crippen LogP contribution in [-0.4, -0.2) is 17.9 Å². The van der Waals surface area contributed by atoms with E-state index in [1.807, 2.05) is 24.3 Å². The number of methoxy groups -OCH3 is 1. The summed E-state index contributed by atoms with van der Waals surface area (Å²) in [4.78, 5) is 22.7. The normalized spacial score (nSPS) is 11.6. The molecule has 0 fully saturated rings. The summed E-state index contributed by atoms with van der Waals surface area (Å²) < 4.78 is 5.16. The number of benzene rings is 2. The van der Waals surface area contributed by atoms with Gasteiger partial charge in [0.25, 0.3) is 5.69 Å². The van der Waals surface area contributed by atoms with Gasteiger partial charge in [0.1, 0.15) is 11.4 Å². The molecule has 2 aromatic carbocycles. The molecule has 0 aliphatic carbocycles. The van der Waals surface area contributed by atoms with E-state index >= 15 is 0 Å². The summed E-state index contributed by atoms with van der Waals surface area (Å²) in [6, 6.07) is 13.6. The Morgan fingerprint density at radius 3 is 2.70 bits per heavy atom. The van der Waals surface area contributed by atoms with E-state index in [0.29, 0.717) is 6.42 Å². The Balaban J connectivity index is 2.07. The Morgan fingerprint density at radius 2 is 2.00 bits per heavy atom. The van der Waals surface area contributed by atoms with Crippen molar-refractivity contribution in [1.82, 2.24) is 0 Å². The van der Waals surface area contributed by atoms with Crippen molar-refractivity contribution in [3.05, 3.63) is 64.2 Å². The van der Waals surface area contributed by atoms with Crippen LogP contribution in [0.2, 0.25) is 0 Å². The fourth-order valence-corrected chi connectivity index (χ4v) is 2.24. The lowest BCUT2D eigenvalue weighted by Crippen LogP contribution is -2.22. The van der Waals surface area contributed by atoms with E-state index in [2.05, 4.69) is 5.32 Å². The second-order valence-corrected chi connectivity index (χ2v) is 5.22. The molecule has 0 aliphatic heterocycles. The van der Waals surface area contributed by atoms with Gasteiger partial charge in [0.15, 0.2) is 0 Å². The van der Waals surface area contributed by atoms with E-state index in [9.17, 15) is 14.9 Å². The van der Waals surface area contributed by atoms with Crippen LogP contribution in [0, 0.1) is 16.0 Å². The molecule has 0 bridgehead atoms. The third kappa shape index (κ3) is 4.29. The van der Waals surface area contributed by atoms with Crippen LogP contribution in [0.25, 0.3) is 0 Å². The van der Waals surface area contributed by atoms with E-state index in [1.54, 1.807) is 26.2 Å². The average Bonchev–Trinajstić information content (AvgIpc) is 2.55. The van der Waals surface area contributed by atoms with Gasteiger partial charge in [0, 0.05) is 12.0 Å². The molecule has 0 saturated carbocycles. The standard InChI is InChI=1S/C17H18N2O4/c1-12(10-13-6-5-7-14(11-13)23-2)17(20)18-15-8-3-4-9-16(15)19(21)22/h3-9,11-12H,10H2,1-2H3,(H,18,20). The SMILES string of the molecule is COc1cccc(CC(C)C(=O)Nc2ccccc2[N+](=O)[O-])c1. The highest BCUT2D eigenvalue weighted by molar-refractivity contribution is 5.94. The van der Waals surface area contributed by atoms with Gasteiger partial charge in [-0.15, -0.1) is 0 Å². The number of ether oxygens (including phenoxy) is 1. The van der Waals surface area contributed by atoms with Crippen molar-refractivity contribution in [2.24, 2.45) is 5.92 Å². The topological polar surface area (TPSA) is 81.5 Å². The first-order chi connectivity index (χ1) is 11.0. The number of carbonyl (C=O) groups excluding carboxylic acids is 1. The summed E-state index contributed by atoms with van der Waals surface area (Å²) in [5.41, 5.74) is 1.06. The molecule has 2 aromatic rings. The van der Waals surface area contributed by atoms with Crippen LogP contribution in [0.3, 0.4) is 0 Å². The predicted molar refractivity (Wildman–Crippen MR) is 87.6 cm³/mol. The number of hydrogen-bond donors (Lipinski definition) is 1. The molecule has 0 spiro atoms. The van der Waals surface area contributed by atoms with Crippen LogP contribution < -0.4 is 10.1 Å². The van der Waals surface area contributed by atoms with E-state index in [0.717, 1.165) is 11.3 Å². The Hall–Kier alpha value is -2.89. The van der Waals surface area contributed by atoms with Gasteiger partial charge in [-0.3, -0.25) is 14.9 Å². The Morgan fingerprint density at radius 1 is 1.26 bits per heavy atom. The summed E-state index contributed by atoms with van der Waals surface area (Å²) >= 11 is 0. The van der Waals surface area contributed by atoms with Crippen molar-refractivity contribution in [2.75, 3.05) is 12.4 Å². The molecule has 6 heteroatoms. The smallest absolute Gasteiger partial charge is 0.292 e. The first kappa shape index (κ1) is 16.5. The maximum Gasteiger partial charge on any atom is 0.292 e. The fourth-order valence-electron chi connectivity index (χ4n) is 2.24. The quantitative estimate of drug-likeness (QED) is 0.654. The molecule has 2 rings (SSSR count). The number of carbonyl (C=O) groups is 1. The van der Waals surface area contributed by atoms with E-state index in [-0.39, 0.29) is 23.2 Å². The second-order valence-electron chi connectivity index (χ2n) is 5.22. The first-order valence-corrected chi connectivity index (χ1v) is 7.18. The molecule has 0 radical (unpaired) electrons.